The Bertz CT molecular complexity index is 473. The van der Waals surface area contributed by atoms with E-state index in [0.29, 0.717) is 11.5 Å². The molecule has 2 rings (SSSR count). The molecule has 78 valence electrons. The van der Waals surface area contributed by atoms with Crippen molar-refractivity contribution < 1.29 is 14.3 Å². The third kappa shape index (κ3) is 1.74. The predicted octanol–water partition coefficient (Wildman–Crippen LogP) is 0.926. The van der Waals surface area contributed by atoms with Gasteiger partial charge in [-0.25, -0.2) is 9.48 Å². The molecule has 6 nitrogen and oxygen atoms in total. The van der Waals surface area contributed by atoms with Crippen LogP contribution in [0.15, 0.2) is 22.8 Å². The van der Waals surface area contributed by atoms with Crippen LogP contribution in [-0.4, -0.2) is 26.1 Å². The standard InChI is InChI=1S/C9H9N3O3/c1-6-8(9(13)14)12(11-10-6)5-7-3-2-4-15-7/h2-4H,5H2,1H3,(H,13,14). The van der Waals surface area contributed by atoms with E-state index in [2.05, 4.69) is 10.3 Å². The van der Waals surface area contributed by atoms with Crippen molar-refractivity contribution in [2.24, 2.45) is 0 Å². The van der Waals surface area contributed by atoms with Crippen LogP contribution in [0, 0.1) is 6.92 Å². The van der Waals surface area contributed by atoms with Gasteiger partial charge in [0.25, 0.3) is 0 Å². The Morgan fingerprint density at radius 3 is 3.07 bits per heavy atom. The van der Waals surface area contributed by atoms with Crippen LogP contribution >= 0.6 is 0 Å². The van der Waals surface area contributed by atoms with Crippen LogP contribution in [0.25, 0.3) is 0 Å². The lowest BCUT2D eigenvalue weighted by molar-refractivity contribution is 0.0683. The normalized spacial score (nSPS) is 10.5. The molecule has 1 N–H and O–H groups in total. The first-order valence-electron chi connectivity index (χ1n) is 4.34. The molecule has 0 unspecified atom stereocenters. The lowest BCUT2D eigenvalue weighted by atomic mass is 10.3. The van der Waals surface area contributed by atoms with Crippen molar-refractivity contribution in [1.29, 1.82) is 0 Å². The molecule has 0 aromatic carbocycles. The summed E-state index contributed by atoms with van der Waals surface area (Å²) in [5.41, 5.74) is 0.487. The van der Waals surface area contributed by atoms with E-state index < -0.39 is 5.97 Å². The Morgan fingerprint density at radius 2 is 2.47 bits per heavy atom. The number of aromatic carboxylic acids is 1. The number of furan rings is 1. The number of aryl methyl sites for hydroxylation is 1. The summed E-state index contributed by atoms with van der Waals surface area (Å²) in [6.45, 7) is 1.88. The van der Waals surface area contributed by atoms with Gasteiger partial charge in [0.2, 0.25) is 0 Å². The maximum absolute atomic E-state index is 10.9. The third-order valence-corrected chi connectivity index (χ3v) is 1.99. The molecule has 0 aliphatic heterocycles. The summed E-state index contributed by atoms with van der Waals surface area (Å²) in [7, 11) is 0. The maximum atomic E-state index is 10.9. The molecule has 0 spiro atoms. The Hall–Kier alpha value is -2.11. The molecular weight excluding hydrogens is 198 g/mol. The van der Waals surface area contributed by atoms with Crippen molar-refractivity contribution in [2.75, 3.05) is 0 Å². The zero-order chi connectivity index (χ0) is 10.8. The second-order valence-electron chi connectivity index (χ2n) is 3.07. The number of hydrogen-bond donors (Lipinski definition) is 1. The van der Waals surface area contributed by atoms with E-state index in [4.69, 9.17) is 9.52 Å². The second-order valence-corrected chi connectivity index (χ2v) is 3.07. The van der Waals surface area contributed by atoms with Crippen molar-refractivity contribution in [3.05, 3.63) is 35.5 Å². The van der Waals surface area contributed by atoms with Gasteiger partial charge in [-0.2, -0.15) is 0 Å². The molecule has 2 heterocycles. The highest BCUT2D eigenvalue weighted by Crippen LogP contribution is 2.08. The second kappa shape index (κ2) is 3.56. The summed E-state index contributed by atoms with van der Waals surface area (Å²) in [4.78, 5) is 10.9. The molecule has 0 fully saturated rings. The van der Waals surface area contributed by atoms with Crippen molar-refractivity contribution in [3.8, 4) is 0 Å². The quantitative estimate of drug-likeness (QED) is 0.809. The Morgan fingerprint density at radius 1 is 1.67 bits per heavy atom. The van der Waals surface area contributed by atoms with E-state index in [1.807, 2.05) is 0 Å². The molecule has 0 bridgehead atoms. The summed E-state index contributed by atoms with van der Waals surface area (Å²) in [6.07, 6.45) is 1.53. The van der Waals surface area contributed by atoms with Gasteiger partial charge in [-0.05, 0) is 19.1 Å². The van der Waals surface area contributed by atoms with Crippen molar-refractivity contribution in [1.82, 2.24) is 15.0 Å². The largest absolute Gasteiger partial charge is 0.476 e. The number of rotatable bonds is 3. The van der Waals surface area contributed by atoms with Crippen LogP contribution in [0.4, 0.5) is 0 Å². The van der Waals surface area contributed by atoms with Gasteiger partial charge in [0.1, 0.15) is 12.3 Å². The Labute approximate surface area is 85.1 Å². The van der Waals surface area contributed by atoms with E-state index in [0.717, 1.165) is 0 Å². The van der Waals surface area contributed by atoms with Gasteiger partial charge in [-0.15, -0.1) is 5.10 Å². The number of aromatic nitrogens is 3. The zero-order valence-corrected chi connectivity index (χ0v) is 8.04. The number of carboxylic acids is 1. The van der Waals surface area contributed by atoms with Crippen LogP contribution in [0.5, 0.6) is 0 Å². The van der Waals surface area contributed by atoms with Crippen LogP contribution in [0.1, 0.15) is 21.9 Å². The minimum absolute atomic E-state index is 0.0893. The Kier molecular flexibility index (Phi) is 2.24. The minimum atomic E-state index is -1.04. The fraction of sp³-hybridized carbons (Fsp3) is 0.222. The average molecular weight is 207 g/mol. The Balaban J connectivity index is 2.33. The average Bonchev–Trinajstić information content (AvgIpc) is 2.76. The molecule has 0 saturated carbocycles. The minimum Gasteiger partial charge on any atom is -0.476 e. The summed E-state index contributed by atoms with van der Waals surface area (Å²) < 4.78 is 6.40. The van der Waals surface area contributed by atoms with Crippen molar-refractivity contribution in [2.45, 2.75) is 13.5 Å². The first-order chi connectivity index (χ1) is 7.18. The van der Waals surface area contributed by atoms with Crippen molar-refractivity contribution in [3.63, 3.8) is 0 Å². The van der Waals surface area contributed by atoms with Gasteiger partial charge < -0.3 is 9.52 Å². The predicted molar refractivity (Wildman–Crippen MR) is 49.5 cm³/mol. The molecule has 2 aromatic rings. The first kappa shape index (κ1) is 9.45. The maximum Gasteiger partial charge on any atom is 0.356 e. The van der Waals surface area contributed by atoms with E-state index in [1.165, 1.54) is 10.9 Å². The monoisotopic (exact) mass is 207 g/mol. The van der Waals surface area contributed by atoms with E-state index in [9.17, 15) is 4.79 Å². The van der Waals surface area contributed by atoms with E-state index >= 15 is 0 Å². The molecule has 15 heavy (non-hydrogen) atoms. The van der Waals surface area contributed by atoms with Crippen LogP contribution in [0.3, 0.4) is 0 Å². The molecule has 6 heteroatoms. The highest BCUT2D eigenvalue weighted by atomic mass is 16.4. The number of carboxylic acid groups (broad SMARTS) is 1. The molecule has 0 atom stereocenters. The molecule has 0 amide bonds. The highest BCUT2D eigenvalue weighted by molar-refractivity contribution is 5.86. The van der Waals surface area contributed by atoms with Crippen LogP contribution in [0.2, 0.25) is 0 Å². The molecule has 0 aliphatic rings. The first-order valence-corrected chi connectivity index (χ1v) is 4.34. The van der Waals surface area contributed by atoms with E-state index in [-0.39, 0.29) is 12.2 Å². The summed E-state index contributed by atoms with van der Waals surface area (Å²) in [6, 6.07) is 3.49. The van der Waals surface area contributed by atoms with Gasteiger partial charge in [0.05, 0.1) is 12.0 Å². The highest BCUT2D eigenvalue weighted by Gasteiger charge is 2.16. The fourth-order valence-electron chi connectivity index (χ4n) is 1.33. The third-order valence-electron chi connectivity index (χ3n) is 1.99. The lowest BCUT2D eigenvalue weighted by Crippen LogP contribution is -2.11. The van der Waals surface area contributed by atoms with Gasteiger partial charge in [0, 0.05) is 0 Å². The molecule has 0 radical (unpaired) electrons. The number of hydrogen-bond acceptors (Lipinski definition) is 4. The van der Waals surface area contributed by atoms with Gasteiger partial charge in [0.15, 0.2) is 5.69 Å². The zero-order valence-electron chi connectivity index (χ0n) is 8.04. The topological polar surface area (TPSA) is 81.2 Å². The molecular formula is C9H9N3O3. The molecule has 0 saturated heterocycles. The summed E-state index contributed by atoms with van der Waals surface area (Å²) in [5.74, 6) is -0.397. The number of carbonyl (C=O) groups is 1. The van der Waals surface area contributed by atoms with E-state index in [1.54, 1.807) is 19.1 Å². The lowest BCUT2D eigenvalue weighted by Gasteiger charge is -2.00. The molecule has 0 aliphatic carbocycles. The van der Waals surface area contributed by atoms with Gasteiger partial charge in [-0.1, -0.05) is 5.21 Å². The fourth-order valence-corrected chi connectivity index (χ4v) is 1.33. The van der Waals surface area contributed by atoms with Crippen LogP contribution in [-0.2, 0) is 6.54 Å². The SMILES string of the molecule is Cc1nnn(Cc2ccco2)c1C(=O)O. The van der Waals surface area contributed by atoms with Gasteiger partial charge >= 0.3 is 5.97 Å². The van der Waals surface area contributed by atoms with Gasteiger partial charge in [-0.3, -0.25) is 0 Å². The summed E-state index contributed by atoms with van der Waals surface area (Å²) in [5, 5.41) is 16.4. The van der Waals surface area contributed by atoms with Crippen molar-refractivity contribution >= 4 is 5.97 Å². The summed E-state index contributed by atoms with van der Waals surface area (Å²) >= 11 is 0. The van der Waals surface area contributed by atoms with Crippen LogP contribution < -0.4 is 0 Å². The number of nitrogens with zero attached hydrogens (tertiary/aromatic N) is 3. The smallest absolute Gasteiger partial charge is 0.356 e. The molecule has 2 aromatic heterocycles.